The minimum absolute atomic E-state index is 0.0215. The van der Waals surface area contributed by atoms with Gasteiger partial charge in [-0.3, -0.25) is 9.59 Å². The molecule has 0 saturated heterocycles. The number of ketones is 2. The Hall–Kier alpha value is -2.88. The van der Waals surface area contributed by atoms with E-state index < -0.39 is 0 Å². The molecule has 29 heavy (non-hydrogen) atoms. The van der Waals surface area contributed by atoms with Crippen LogP contribution in [0.3, 0.4) is 0 Å². The highest BCUT2D eigenvalue weighted by atomic mass is 16.5. The summed E-state index contributed by atoms with van der Waals surface area (Å²) in [6.45, 7) is 2.35. The molecule has 0 bridgehead atoms. The molecule has 1 aliphatic carbocycles. The van der Waals surface area contributed by atoms with Crippen molar-refractivity contribution in [1.29, 1.82) is 0 Å². The SMILES string of the molecule is CCC(=O)c1cc(C(=O)CC2CC2)cc2c1OCC2c1cccc2c1ccn2C. The first kappa shape index (κ1) is 18.2. The average molecular weight is 387 g/mol. The summed E-state index contributed by atoms with van der Waals surface area (Å²) in [6.07, 6.45) is 5.32. The zero-order chi connectivity index (χ0) is 20.1. The summed E-state index contributed by atoms with van der Waals surface area (Å²) in [5.74, 6) is 1.38. The van der Waals surface area contributed by atoms with Crippen LogP contribution >= 0.6 is 0 Å². The van der Waals surface area contributed by atoms with E-state index in [1.165, 1.54) is 16.5 Å². The van der Waals surface area contributed by atoms with Crippen LogP contribution in [0.4, 0.5) is 0 Å². The quantitative estimate of drug-likeness (QED) is 0.541. The molecule has 0 N–H and O–H groups in total. The molecule has 3 aromatic rings. The van der Waals surface area contributed by atoms with Crippen LogP contribution in [0, 0.1) is 5.92 Å². The van der Waals surface area contributed by atoms with Crippen LogP contribution in [0.15, 0.2) is 42.6 Å². The number of fused-ring (bicyclic) bond motifs is 2. The number of benzene rings is 2. The molecule has 148 valence electrons. The van der Waals surface area contributed by atoms with Gasteiger partial charge in [-0.15, -0.1) is 0 Å². The molecule has 5 rings (SSSR count). The second-order valence-electron chi connectivity index (χ2n) is 8.36. The second kappa shape index (κ2) is 6.87. The molecule has 0 amide bonds. The van der Waals surface area contributed by atoms with Crippen molar-refractivity contribution >= 4 is 22.5 Å². The normalized spacial score (nSPS) is 17.9. The molecule has 1 atom stereocenters. The maximum atomic E-state index is 12.9. The topological polar surface area (TPSA) is 48.3 Å². The Balaban J connectivity index is 1.64. The fraction of sp³-hybridized carbons (Fsp3) is 0.360. The molecule has 2 heterocycles. The summed E-state index contributed by atoms with van der Waals surface area (Å²) in [4.78, 5) is 25.5. The summed E-state index contributed by atoms with van der Waals surface area (Å²) in [5, 5.41) is 1.19. The third-order valence-electron chi connectivity index (χ3n) is 6.34. The molecule has 2 aromatic carbocycles. The third-order valence-corrected chi connectivity index (χ3v) is 6.34. The number of hydrogen-bond acceptors (Lipinski definition) is 3. The van der Waals surface area contributed by atoms with Gasteiger partial charge in [0.1, 0.15) is 5.75 Å². The second-order valence-corrected chi connectivity index (χ2v) is 8.36. The lowest BCUT2D eigenvalue weighted by Crippen LogP contribution is -2.07. The average Bonchev–Trinajstić information content (AvgIpc) is 3.32. The number of ether oxygens (including phenoxy) is 1. The van der Waals surface area contributed by atoms with Gasteiger partial charge in [0.25, 0.3) is 0 Å². The lowest BCUT2D eigenvalue weighted by atomic mass is 9.87. The Kier molecular flexibility index (Phi) is 4.30. The van der Waals surface area contributed by atoms with Crippen LogP contribution in [-0.4, -0.2) is 22.7 Å². The van der Waals surface area contributed by atoms with Crippen LogP contribution in [0.2, 0.25) is 0 Å². The molecule has 2 aliphatic rings. The van der Waals surface area contributed by atoms with Gasteiger partial charge in [-0.2, -0.15) is 0 Å². The molecule has 4 heteroatoms. The van der Waals surface area contributed by atoms with Gasteiger partial charge in [-0.05, 0) is 48.6 Å². The predicted octanol–water partition coefficient (Wildman–Crippen LogP) is 5.28. The number of hydrogen-bond donors (Lipinski definition) is 0. The molecule has 1 unspecified atom stereocenters. The molecule has 0 spiro atoms. The monoisotopic (exact) mass is 387 g/mol. The fourth-order valence-electron chi connectivity index (χ4n) is 4.48. The van der Waals surface area contributed by atoms with Gasteiger partial charge < -0.3 is 9.30 Å². The van der Waals surface area contributed by atoms with Crippen LogP contribution in [0.5, 0.6) is 5.75 Å². The minimum atomic E-state index is 0.0215. The maximum absolute atomic E-state index is 12.9. The van der Waals surface area contributed by atoms with Crippen molar-refractivity contribution in [2.75, 3.05) is 6.61 Å². The summed E-state index contributed by atoms with van der Waals surface area (Å²) in [6, 6.07) is 12.2. The zero-order valence-corrected chi connectivity index (χ0v) is 16.9. The van der Waals surface area contributed by atoms with Crippen molar-refractivity contribution in [3.63, 3.8) is 0 Å². The number of nitrogens with zero attached hydrogens (tertiary/aromatic N) is 1. The van der Waals surface area contributed by atoms with Gasteiger partial charge >= 0.3 is 0 Å². The largest absolute Gasteiger partial charge is 0.492 e. The highest BCUT2D eigenvalue weighted by molar-refractivity contribution is 6.04. The van der Waals surface area contributed by atoms with Gasteiger partial charge in [0.05, 0.1) is 12.2 Å². The van der Waals surface area contributed by atoms with Gasteiger partial charge in [0, 0.05) is 54.0 Å². The van der Waals surface area contributed by atoms with Crippen molar-refractivity contribution in [3.8, 4) is 5.75 Å². The van der Waals surface area contributed by atoms with E-state index in [1.54, 1.807) is 6.07 Å². The Bertz CT molecular complexity index is 1140. The minimum Gasteiger partial charge on any atom is -0.492 e. The Morgan fingerprint density at radius 2 is 1.93 bits per heavy atom. The Morgan fingerprint density at radius 1 is 1.10 bits per heavy atom. The molecule has 1 saturated carbocycles. The third kappa shape index (κ3) is 3.07. The first-order valence-corrected chi connectivity index (χ1v) is 10.5. The number of carbonyl (C=O) groups is 2. The van der Waals surface area contributed by atoms with Gasteiger partial charge in [0.2, 0.25) is 0 Å². The van der Waals surface area contributed by atoms with Gasteiger partial charge in [-0.25, -0.2) is 0 Å². The van der Waals surface area contributed by atoms with E-state index in [2.05, 4.69) is 35.0 Å². The van der Waals surface area contributed by atoms with Crippen molar-refractivity contribution in [1.82, 2.24) is 4.57 Å². The molecular weight excluding hydrogens is 362 g/mol. The van der Waals surface area contributed by atoms with Crippen LogP contribution in [0.25, 0.3) is 10.9 Å². The number of aromatic nitrogens is 1. The summed E-state index contributed by atoms with van der Waals surface area (Å²) < 4.78 is 8.17. The van der Waals surface area contributed by atoms with Crippen LogP contribution in [-0.2, 0) is 7.05 Å². The van der Waals surface area contributed by atoms with E-state index in [1.807, 2.05) is 20.0 Å². The van der Waals surface area contributed by atoms with Crippen LogP contribution < -0.4 is 4.74 Å². The standard InChI is InChI=1S/C25H25NO3/c1-3-23(27)20-13-16(24(28)11-15-7-8-15)12-19-21(14-29-25(19)20)17-5-4-6-22-18(17)9-10-26(22)2/h4-6,9-10,12-13,15,21H,3,7-8,11,14H2,1-2H3. The van der Waals surface area contributed by atoms with Gasteiger partial charge in [-0.1, -0.05) is 19.1 Å². The summed E-state index contributed by atoms with van der Waals surface area (Å²) in [5.41, 5.74) is 4.54. The molecule has 1 fully saturated rings. The number of aryl methyl sites for hydroxylation is 1. The first-order valence-electron chi connectivity index (χ1n) is 10.5. The maximum Gasteiger partial charge on any atom is 0.166 e. The van der Waals surface area contributed by atoms with E-state index in [0.717, 1.165) is 18.4 Å². The van der Waals surface area contributed by atoms with Crippen molar-refractivity contribution in [2.45, 2.75) is 38.5 Å². The summed E-state index contributed by atoms with van der Waals surface area (Å²) in [7, 11) is 2.04. The fourth-order valence-corrected chi connectivity index (χ4v) is 4.48. The van der Waals surface area contributed by atoms with Gasteiger partial charge in [0.15, 0.2) is 11.6 Å². The van der Waals surface area contributed by atoms with Crippen molar-refractivity contribution < 1.29 is 14.3 Å². The predicted molar refractivity (Wildman–Crippen MR) is 113 cm³/mol. The van der Waals surface area contributed by atoms with E-state index >= 15 is 0 Å². The molecule has 1 aliphatic heterocycles. The van der Waals surface area contributed by atoms with Crippen molar-refractivity contribution in [2.24, 2.45) is 13.0 Å². The highest BCUT2D eigenvalue weighted by Crippen LogP contribution is 2.44. The Morgan fingerprint density at radius 3 is 2.69 bits per heavy atom. The van der Waals surface area contributed by atoms with E-state index in [0.29, 0.717) is 42.2 Å². The Labute approximate surface area is 170 Å². The molecule has 4 nitrogen and oxygen atoms in total. The molecule has 0 radical (unpaired) electrons. The number of rotatable bonds is 6. The summed E-state index contributed by atoms with van der Waals surface area (Å²) >= 11 is 0. The number of carbonyl (C=O) groups excluding carboxylic acids is 2. The smallest absolute Gasteiger partial charge is 0.166 e. The lowest BCUT2D eigenvalue weighted by molar-refractivity contribution is 0.0976. The molecular formula is C25H25NO3. The molecule has 1 aromatic heterocycles. The van der Waals surface area contributed by atoms with Crippen LogP contribution in [0.1, 0.15) is 70.4 Å². The number of Topliss-reactive ketones (excluding diaryl/α,β-unsaturated/α-hetero) is 2. The van der Waals surface area contributed by atoms with E-state index in [9.17, 15) is 9.59 Å². The zero-order valence-electron chi connectivity index (χ0n) is 16.9. The van der Waals surface area contributed by atoms with E-state index in [4.69, 9.17) is 4.74 Å². The van der Waals surface area contributed by atoms with E-state index in [-0.39, 0.29) is 17.5 Å². The van der Waals surface area contributed by atoms with Crippen molar-refractivity contribution in [3.05, 3.63) is 64.8 Å². The first-order chi connectivity index (χ1) is 14.1. The lowest BCUT2D eigenvalue weighted by Gasteiger charge is -2.14. The highest BCUT2D eigenvalue weighted by Gasteiger charge is 2.33.